The van der Waals surface area contributed by atoms with Crippen LogP contribution in [0.2, 0.25) is 5.02 Å². The molecule has 1 heterocycles. The van der Waals surface area contributed by atoms with Gasteiger partial charge in [-0.25, -0.2) is 18.2 Å². The van der Waals surface area contributed by atoms with Gasteiger partial charge in [-0.3, -0.25) is 14.5 Å². The average molecular weight is 767 g/mol. The number of aromatic nitrogens is 1. The van der Waals surface area contributed by atoms with Crippen molar-refractivity contribution in [1.82, 2.24) is 4.98 Å². The summed E-state index contributed by atoms with van der Waals surface area (Å²) in [7, 11) is -2.13. The highest BCUT2D eigenvalue weighted by atomic mass is 35.5. The summed E-state index contributed by atoms with van der Waals surface area (Å²) in [5.41, 5.74) is 3.36. The Bertz CT molecular complexity index is 2400. The van der Waals surface area contributed by atoms with Gasteiger partial charge in [-0.15, -0.1) is 0 Å². The molecule has 1 unspecified atom stereocenters. The molecule has 5 aromatic rings. The molecule has 4 aromatic carbocycles. The molecule has 2 amide bonds. The number of para-hydroxylation sites is 2. The number of oxazole rings is 1. The Hall–Kier alpha value is -5.97. The lowest BCUT2D eigenvalue weighted by Crippen LogP contribution is -2.46. The van der Waals surface area contributed by atoms with Gasteiger partial charge in [0.2, 0.25) is 17.8 Å². The summed E-state index contributed by atoms with van der Waals surface area (Å²) in [5.74, 6) is -1.15. The number of carbonyl (C=O) groups excluding carboxylic acids is 3. The molecule has 1 saturated carbocycles. The maximum Gasteiger partial charge on any atom is 0.415 e. The van der Waals surface area contributed by atoms with Crippen LogP contribution in [0.15, 0.2) is 94.2 Å². The Morgan fingerprint density at radius 1 is 1.04 bits per heavy atom. The number of sulfone groups is 1. The quantitative estimate of drug-likeness (QED) is 0.0789. The molecule has 0 saturated heterocycles. The number of nitrogens with zero attached hydrogens (tertiary/aromatic N) is 3. The van der Waals surface area contributed by atoms with Crippen molar-refractivity contribution in [2.45, 2.75) is 49.6 Å². The van der Waals surface area contributed by atoms with E-state index in [-0.39, 0.29) is 38.7 Å². The van der Waals surface area contributed by atoms with Crippen LogP contribution in [0.1, 0.15) is 53.1 Å². The van der Waals surface area contributed by atoms with Gasteiger partial charge in [-0.1, -0.05) is 42.6 Å². The summed E-state index contributed by atoms with van der Waals surface area (Å²) >= 11 is 6.33. The number of ether oxygens (including phenoxy) is 2. The monoisotopic (exact) mass is 766 g/mol. The van der Waals surface area contributed by atoms with Gasteiger partial charge >= 0.3 is 6.09 Å². The van der Waals surface area contributed by atoms with Gasteiger partial charge in [0.25, 0.3) is 5.91 Å². The van der Waals surface area contributed by atoms with E-state index in [1.54, 1.807) is 36.4 Å². The smallest absolute Gasteiger partial charge is 0.415 e. The van der Waals surface area contributed by atoms with Crippen molar-refractivity contribution < 1.29 is 36.7 Å². The fourth-order valence-corrected chi connectivity index (χ4v) is 7.14. The SMILES string of the molecule is COc1ccc(C(=O)C(OC(=O)N(c2ccc(/C=C(\C#N)c3nc4ccccc4o3)c(C)c2)C2CCCC2)C(=O)Nc2ccc(S(C)(=O)=O)cc2Cl)cc1. The van der Waals surface area contributed by atoms with Crippen molar-refractivity contribution in [2.24, 2.45) is 0 Å². The number of hydrogen-bond acceptors (Lipinski definition) is 10. The number of rotatable bonds is 11. The summed E-state index contributed by atoms with van der Waals surface area (Å²) in [5, 5.41) is 12.4. The number of hydrogen-bond donors (Lipinski definition) is 1. The average Bonchev–Trinajstić information content (AvgIpc) is 3.84. The number of ketones is 1. The number of fused-ring (bicyclic) bond motifs is 1. The lowest BCUT2D eigenvalue weighted by molar-refractivity contribution is -0.122. The molecule has 1 aliphatic rings. The molecule has 1 atom stereocenters. The molecule has 1 aliphatic carbocycles. The van der Waals surface area contributed by atoms with Gasteiger partial charge < -0.3 is 19.2 Å². The number of anilines is 2. The van der Waals surface area contributed by atoms with Crippen LogP contribution in [0.3, 0.4) is 0 Å². The number of carbonyl (C=O) groups is 3. The highest BCUT2D eigenvalue weighted by Gasteiger charge is 2.37. The van der Waals surface area contributed by atoms with E-state index >= 15 is 0 Å². The summed E-state index contributed by atoms with van der Waals surface area (Å²) < 4.78 is 40.9. The summed E-state index contributed by atoms with van der Waals surface area (Å²) in [4.78, 5) is 47.8. The van der Waals surface area contributed by atoms with E-state index in [0.717, 1.165) is 24.7 Å². The summed E-state index contributed by atoms with van der Waals surface area (Å²) in [6.07, 6.45) is 2.85. The fourth-order valence-electron chi connectivity index (χ4n) is 6.20. The molecule has 14 heteroatoms. The summed E-state index contributed by atoms with van der Waals surface area (Å²) in [6, 6.07) is 24.0. The van der Waals surface area contributed by atoms with Crippen molar-refractivity contribution >= 4 is 73.3 Å². The highest BCUT2D eigenvalue weighted by Crippen LogP contribution is 2.33. The standard InChI is InChI=1S/C40H35ClN4O8S/c1-24-20-29(15-12-26(24)21-27(23-42)39-44-34-10-6-7-11-35(34)52-39)45(28-8-4-5-9-28)40(48)53-37(36(46)25-13-16-30(51-2)17-14-25)38(47)43-33-19-18-31(22-32(33)41)54(3,49)50/h6-7,10-22,28,37H,4-5,8-9H2,1-3H3,(H,43,47)/b27-21+. The second kappa shape index (κ2) is 16.0. The zero-order valence-electron chi connectivity index (χ0n) is 29.5. The zero-order valence-corrected chi connectivity index (χ0v) is 31.1. The van der Waals surface area contributed by atoms with Crippen molar-refractivity contribution in [3.8, 4) is 11.8 Å². The molecule has 0 aliphatic heterocycles. The van der Waals surface area contributed by atoms with Crippen molar-refractivity contribution in [1.29, 1.82) is 5.26 Å². The van der Waals surface area contributed by atoms with E-state index in [0.29, 0.717) is 40.9 Å². The Morgan fingerprint density at radius 2 is 1.76 bits per heavy atom. The molecule has 1 aromatic heterocycles. The third-order valence-corrected chi connectivity index (χ3v) is 10.5. The van der Waals surface area contributed by atoms with Gasteiger partial charge in [0.15, 0.2) is 15.4 Å². The van der Waals surface area contributed by atoms with Crippen LogP contribution in [0.4, 0.5) is 16.2 Å². The number of allylic oxidation sites excluding steroid dienone is 1. The first-order valence-corrected chi connectivity index (χ1v) is 19.2. The summed E-state index contributed by atoms with van der Waals surface area (Å²) in [6.45, 7) is 1.83. The lowest BCUT2D eigenvalue weighted by atomic mass is 10.0. The first-order chi connectivity index (χ1) is 25.9. The van der Waals surface area contributed by atoms with Gasteiger partial charge in [-0.2, -0.15) is 5.26 Å². The van der Waals surface area contributed by atoms with E-state index in [4.69, 9.17) is 25.5 Å². The van der Waals surface area contributed by atoms with Crippen LogP contribution in [0.5, 0.6) is 5.75 Å². The number of benzene rings is 4. The predicted octanol–water partition coefficient (Wildman–Crippen LogP) is 8.04. The molecule has 6 rings (SSSR count). The van der Waals surface area contributed by atoms with Crippen LogP contribution < -0.4 is 15.0 Å². The molecule has 0 radical (unpaired) electrons. The number of methoxy groups -OCH3 is 1. The second-order valence-corrected chi connectivity index (χ2v) is 15.2. The third kappa shape index (κ3) is 8.30. The Balaban J connectivity index is 1.32. The minimum absolute atomic E-state index is 0.0131. The molecular weight excluding hydrogens is 732 g/mol. The zero-order chi connectivity index (χ0) is 38.6. The van der Waals surface area contributed by atoms with E-state index in [2.05, 4.69) is 16.4 Å². The molecule has 1 fully saturated rings. The van der Waals surface area contributed by atoms with Gasteiger partial charge in [0, 0.05) is 23.5 Å². The lowest BCUT2D eigenvalue weighted by Gasteiger charge is -2.30. The van der Waals surface area contributed by atoms with Crippen molar-refractivity contribution in [3.63, 3.8) is 0 Å². The highest BCUT2D eigenvalue weighted by molar-refractivity contribution is 7.90. The van der Waals surface area contributed by atoms with Crippen molar-refractivity contribution in [2.75, 3.05) is 23.6 Å². The molecule has 0 bridgehead atoms. The molecule has 1 N–H and O–H groups in total. The normalized spacial score (nSPS) is 13.9. The maximum absolute atomic E-state index is 14.2. The van der Waals surface area contributed by atoms with Gasteiger partial charge in [-0.05, 0) is 104 Å². The number of halogens is 1. The number of nitrogens with one attached hydrogen (secondary N) is 1. The van der Waals surface area contributed by atoms with Crippen LogP contribution >= 0.6 is 11.6 Å². The number of amides is 2. The minimum Gasteiger partial charge on any atom is -0.497 e. The van der Waals surface area contributed by atoms with E-state index in [9.17, 15) is 28.1 Å². The second-order valence-electron chi connectivity index (χ2n) is 12.8. The Kier molecular flexibility index (Phi) is 11.2. The van der Waals surface area contributed by atoms with Gasteiger partial charge in [0.1, 0.15) is 22.9 Å². The minimum atomic E-state index is -3.59. The van der Waals surface area contributed by atoms with Crippen LogP contribution in [0.25, 0.3) is 22.7 Å². The maximum atomic E-state index is 14.2. The predicted molar refractivity (Wildman–Crippen MR) is 204 cm³/mol. The number of nitriles is 1. The Morgan fingerprint density at radius 3 is 2.39 bits per heavy atom. The third-order valence-electron chi connectivity index (χ3n) is 9.06. The van der Waals surface area contributed by atoms with Crippen LogP contribution in [0, 0.1) is 18.3 Å². The Labute approximate surface area is 316 Å². The topological polar surface area (TPSA) is 169 Å². The first kappa shape index (κ1) is 37.8. The number of Topliss-reactive ketones (excluding diaryl/α,β-unsaturated/α-hetero) is 1. The van der Waals surface area contributed by atoms with Crippen molar-refractivity contribution in [3.05, 3.63) is 113 Å². The molecule has 276 valence electrons. The molecule has 0 spiro atoms. The van der Waals surface area contributed by atoms with E-state index < -0.39 is 33.7 Å². The van der Waals surface area contributed by atoms with E-state index in [1.165, 1.54) is 54.5 Å². The largest absolute Gasteiger partial charge is 0.497 e. The molecular formula is C40H35ClN4O8S. The fraction of sp³-hybridized carbons (Fsp3) is 0.225. The van der Waals surface area contributed by atoms with E-state index in [1.807, 2.05) is 19.1 Å². The first-order valence-electron chi connectivity index (χ1n) is 16.9. The van der Waals surface area contributed by atoms with Gasteiger partial charge in [0.05, 0.1) is 22.7 Å². The number of aryl methyl sites for hydroxylation is 1. The van der Waals surface area contributed by atoms with Crippen LogP contribution in [-0.2, 0) is 19.4 Å². The van der Waals surface area contributed by atoms with Crippen LogP contribution in [-0.4, -0.2) is 56.7 Å². The molecule has 54 heavy (non-hydrogen) atoms. The molecule has 12 nitrogen and oxygen atoms in total.